The third kappa shape index (κ3) is 4.35. The molecule has 0 saturated carbocycles. The molecular weight excluding hydrogens is 359 g/mol. The summed E-state index contributed by atoms with van der Waals surface area (Å²) in [5.74, 6) is 1.50. The van der Waals surface area contributed by atoms with Gasteiger partial charge in [0.2, 0.25) is 0 Å². The molecule has 1 saturated heterocycles. The minimum Gasteiger partial charge on any atom is -0.507 e. The molecule has 1 aliphatic rings. The van der Waals surface area contributed by atoms with Crippen LogP contribution in [0.4, 0.5) is 5.82 Å². The summed E-state index contributed by atoms with van der Waals surface area (Å²) in [4.78, 5) is 4.51. The second-order valence-corrected chi connectivity index (χ2v) is 7.62. The molecule has 0 bridgehead atoms. The average Bonchev–Trinajstić information content (AvgIpc) is 2.54. The predicted octanol–water partition coefficient (Wildman–Crippen LogP) is 3.93. The van der Waals surface area contributed by atoms with E-state index in [2.05, 4.69) is 34.1 Å². The molecule has 1 fully saturated rings. The molecule has 2 aromatic rings. The number of nitrogens with zero attached hydrogens (tertiary/aromatic N) is 4. The number of halogens is 2. The van der Waals surface area contributed by atoms with Crippen LogP contribution < -0.4 is 4.90 Å². The second-order valence-electron chi connectivity index (χ2n) is 6.78. The van der Waals surface area contributed by atoms with E-state index in [-0.39, 0.29) is 5.75 Å². The molecular formula is C18H22Cl2N4O. The Morgan fingerprint density at radius 2 is 2.04 bits per heavy atom. The molecule has 0 spiro atoms. The van der Waals surface area contributed by atoms with Crippen LogP contribution in [0.3, 0.4) is 0 Å². The van der Waals surface area contributed by atoms with Gasteiger partial charge >= 0.3 is 0 Å². The van der Waals surface area contributed by atoms with Crippen LogP contribution in [-0.4, -0.2) is 53.9 Å². The Labute approximate surface area is 158 Å². The zero-order chi connectivity index (χ0) is 18.0. The van der Waals surface area contributed by atoms with Crippen LogP contribution >= 0.6 is 23.2 Å². The largest absolute Gasteiger partial charge is 0.507 e. The Kier molecular flexibility index (Phi) is 5.67. The molecule has 1 atom stereocenters. The molecule has 134 valence electrons. The SMILES string of the molecule is CN(C)C[C@H]1CCCN(c2ccc(-c3c(O)cc(Cl)cc3Cl)nn2)C1. The van der Waals surface area contributed by atoms with Gasteiger partial charge in [-0.3, -0.25) is 0 Å². The first-order chi connectivity index (χ1) is 11.9. The van der Waals surface area contributed by atoms with Crippen molar-refractivity contribution >= 4 is 29.0 Å². The summed E-state index contributed by atoms with van der Waals surface area (Å²) in [6.07, 6.45) is 2.40. The van der Waals surface area contributed by atoms with Gasteiger partial charge in [0.1, 0.15) is 5.75 Å². The summed E-state index contributed by atoms with van der Waals surface area (Å²) in [5.41, 5.74) is 0.985. The van der Waals surface area contributed by atoms with Gasteiger partial charge in [-0.1, -0.05) is 23.2 Å². The molecule has 7 heteroatoms. The normalized spacial score (nSPS) is 18.0. The summed E-state index contributed by atoms with van der Waals surface area (Å²) in [5, 5.41) is 19.5. The maximum absolute atomic E-state index is 10.1. The van der Waals surface area contributed by atoms with E-state index in [1.54, 1.807) is 6.07 Å². The zero-order valence-electron chi connectivity index (χ0n) is 14.4. The van der Waals surface area contributed by atoms with Gasteiger partial charge in [-0.25, -0.2) is 0 Å². The van der Waals surface area contributed by atoms with Crippen LogP contribution in [0, 0.1) is 5.92 Å². The van der Waals surface area contributed by atoms with Crippen LogP contribution in [0.15, 0.2) is 24.3 Å². The third-order valence-corrected chi connectivity index (χ3v) is 4.92. The van der Waals surface area contributed by atoms with Gasteiger partial charge < -0.3 is 14.9 Å². The van der Waals surface area contributed by atoms with Crippen molar-refractivity contribution in [3.8, 4) is 17.0 Å². The second kappa shape index (κ2) is 7.77. The van der Waals surface area contributed by atoms with E-state index in [4.69, 9.17) is 23.2 Å². The predicted molar refractivity (Wildman–Crippen MR) is 103 cm³/mol. The van der Waals surface area contributed by atoms with Crippen LogP contribution in [0.25, 0.3) is 11.3 Å². The molecule has 0 aliphatic carbocycles. The molecule has 1 aromatic carbocycles. The van der Waals surface area contributed by atoms with Crippen molar-refractivity contribution in [2.45, 2.75) is 12.8 Å². The maximum atomic E-state index is 10.1. The summed E-state index contributed by atoms with van der Waals surface area (Å²) in [6.45, 7) is 3.06. The topological polar surface area (TPSA) is 52.5 Å². The molecule has 1 N–H and O–H groups in total. The van der Waals surface area contributed by atoms with E-state index >= 15 is 0 Å². The molecule has 1 aromatic heterocycles. The first kappa shape index (κ1) is 18.2. The fourth-order valence-electron chi connectivity index (χ4n) is 3.38. The van der Waals surface area contributed by atoms with E-state index in [1.165, 1.54) is 12.5 Å². The molecule has 5 nitrogen and oxygen atoms in total. The first-order valence-corrected chi connectivity index (χ1v) is 9.11. The number of hydrogen-bond donors (Lipinski definition) is 1. The highest BCUT2D eigenvalue weighted by Crippen LogP contribution is 2.37. The van der Waals surface area contributed by atoms with Gasteiger partial charge in [0.25, 0.3) is 0 Å². The lowest BCUT2D eigenvalue weighted by Crippen LogP contribution is -2.39. The quantitative estimate of drug-likeness (QED) is 0.870. The van der Waals surface area contributed by atoms with Crippen molar-refractivity contribution in [3.63, 3.8) is 0 Å². The first-order valence-electron chi connectivity index (χ1n) is 8.36. The Bertz CT molecular complexity index is 713. The highest BCUT2D eigenvalue weighted by molar-refractivity contribution is 6.36. The van der Waals surface area contributed by atoms with E-state index in [1.807, 2.05) is 12.1 Å². The summed E-state index contributed by atoms with van der Waals surface area (Å²) in [7, 11) is 4.21. The number of anilines is 1. The van der Waals surface area contributed by atoms with Crippen molar-refractivity contribution in [3.05, 3.63) is 34.3 Å². The van der Waals surface area contributed by atoms with E-state index < -0.39 is 0 Å². The number of benzene rings is 1. The number of phenols is 1. The fraction of sp³-hybridized carbons (Fsp3) is 0.444. The van der Waals surface area contributed by atoms with Crippen molar-refractivity contribution in [2.24, 2.45) is 5.92 Å². The third-order valence-electron chi connectivity index (χ3n) is 4.41. The van der Waals surface area contributed by atoms with Crippen LogP contribution in [0.2, 0.25) is 10.0 Å². The lowest BCUT2D eigenvalue weighted by molar-refractivity contribution is 0.291. The van der Waals surface area contributed by atoms with Gasteiger partial charge in [0, 0.05) is 24.7 Å². The van der Waals surface area contributed by atoms with Crippen molar-refractivity contribution in [2.75, 3.05) is 38.6 Å². The van der Waals surface area contributed by atoms with Crippen molar-refractivity contribution in [1.82, 2.24) is 15.1 Å². The lowest BCUT2D eigenvalue weighted by atomic mass is 9.97. The monoisotopic (exact) mass is 380 g/mol. The molecule has 0 unspecified atom stereocenters. The Morgan fingerprint density at radius 3 is 2.68 bits per heavy atom. The number of aromatic hydroxyl groups is 1. The van der Waals surface area contributed by atoms with Crippen molar-refractivity contribution < 1.29 is 5.11 Å². The number of hydrogen-bond acceptors (Lipinski definition) is 5. The number of piperidine rings is 1. The van der Waals surface area contributed by atoms with Gasteiger partial charge in [0.05, 0.1) is 16.3 Å². The Morgan fingerprint density at radius 1 is 1.24 bits per heavy atom. The highest BCUT2D eigenvalue weighted by atomic mass is 35.5. The van der Waals surface area contributed by atoms with Gasteiger partial charge in [-0.05, 0) is 57.1 Å². The smallest absolute Gasteiger partial charge is 0.151 e. The maximum Gasteiger partial charge on any atom is 0.151 e. The van der Waals surface area contributed by atoms with Crippen LogP contribution in [-0.2, 0) is 0 Å². The zero-order valence-corrected chi connectivity index (χ0v) is 15.9. The Balaban J connectivity index is 1.79. The van der Waals surface area contributed by atoms with Gasteiger partial charge in [-0.2, -0.15) is 0 Å². The lowest BCUT2D eigenvalue weighted by Gasteiger charge is -2.34. The molecule has 0 radical (unpaired) electrons. The summed E-state index contributed by atoms with van der Waals surface area (Å²) in [6, 6.07) is 6.82. The van der Waals surface area contributed by atoms with E-state index in [0.29, 0.717) is 27.2 Å². The van der Waals surface area contributed by atoms with Gasteiger partial charge in [-0.15, -0.1) is 10.2 Å². The molecule has 2 heterocycles. The van der Waals surface area contributed by atoms with Gasteiger partial charge in [0.15, 0.2) is 5.82 Å². The highest BCUT2D eigenvalue weighted by Gasteiger charge is 2.22. The number of phenolic OH excluding ortho intramolecular Hbond substituents is 1. The minimum atomic E-state index is 0.00331. The molecule has 25 heavy (non-hydrogen) atoms. The Hall–Kier alpha value is -1.56. The average molecular weight is 381 g/mol. The van der Waals surface area contributed by atoms with Crippen LogP contribution in [0.5, 0.6) is 5.75 Å². The number of rotatable bonds is 4. The molecule has 0 amide bonds. The standard InChI is InChI=1S/C18H22Cl2N4O/c1-23(2)10-12-4-3-7-24(11-12)17-6-5-15(21-22-17)18-14(20)8-13(19)9-16(18)25/h5-6,8-9,12,25H,3-4,7,10-11H2,1-2H3/t12-/m1/s1. The van der Waals surface area contributed by atoms with Crippen LogP contribution in [0.1, 0.15) is 12.8 Å². The van der Waals surface area contributed by atoms with E-state index in [0.717, 1.165) is 31.9 Å². The number of aromatic nitrogens is 2. The molecule has 3 rings (SSSR count). The fourth-order valence-corrected chi connectivity index (χ4v) is 3.96. The minimum absolute atomic E-state index is 0.00331. The van der Waals surface area contributed by atoms with Crippen molar-refractivity contribution in [1.29, 1.82) is 0 Å². The molecule has 1 aliphatic heterocycles. The summed E-state index contributed by atoms with van der Waals surface area (Å²) >= 11 is 12.1. The van der Waals surface area contributed by atoms with E-state index in [9.17, 15) is 5.11 Å². The summed E-state index contributed by atoms with van der Waals surface area (Å²) < 4.78 is 0.